The van der Waals surface area contributed by atoms with Crippen LogP contribution in [0.5, 0.6) is 0 Å². The van der Waals surface area contributed by atoms with E-state index in [2.05, 4.69) is 20.2 Å². The van der Waals surface area contributed by atoms with Gasteiger partial charge in [0.05, 0.1) is 5.52 Å². The molecule has 6 heteroatoms. The summed E-state index contributed by atoms with van der Waals surface area (Å²) in [5.41, 5.74) is 8.09. The third-order valence-corrected chi connectivity index (χ3v) is 2.91. The Bertz CT molecular complexity index is 760. The first-order valence-corrected chi connectivity index (χ1v) is 5.72. The SMILES string of the molecule is Cc1ncc(-c2ccc3[nH]nc(C(N)=O)c3c2)cn1. The standard InChI is InChI=1S/C13H11N5O/c1-7-15-5-9(6-16-7)8-2-3-11-10(4-8)12(13(14)19)18-17-11/h2-6H,1H3,(H2,14,19)(H,17,18). The molecule has 1 amide bonds. The summed E-state index contributed by atoms with van der Waals surface area (Å²) in [5.74, 6) is 0.162. The number of aryl methyl sites for hydroxylation is 1. The molecule has 2 heterocycles. The monoisotopic (exact) mass is 253 g/mol. The van der Waals surface area contributed by atoms with Crippen molar-refractivity contribution in [3.63, 3.8) is 0 Å². The van der Waals surface area contributed by atoms with Crippen LogP contribution in [-0.4, -0.2) is 26.1 Å². The lowest BCUT2D eigenvalue weighted by Crippen LogP contribution is -2.11. The van der Waals surface area contributed by atoms with Crippen molar-refractivity contribution < 1.29 is 4.79 Å². The van der Waals surface area contributed by atoms with Crippen LogP contribution in [0.4, 0.5) is 0 Å². The summed E-state index contributed by atoms with van der Waals surface area (Å²) in [5, 5.41) is 7.39. The lowest BCUT2D eigenvalue weighted by Gasteiger charge is -2.01. The molecule has 0 saturated heterocycles. The maximum atomic E-state index is 11.3. The highest BCUT2D eigenvalue weighted by Crippen LogP contribution is 2.24. The fourth-order valence-electron chi connectivity index (χ4n) is 1.92. The van der Waals surface area contributed by atoms with Crippen molar-refractivity contribution >= 4 is 16.8 Å². The lowest BCUT2D eigenvalue weighted by atomic mass is 10.1. The summed E-state index contributed by atoms with van der Waals surface area (Å²) in [4.78, 5) is 19.6. The number of aromatic amines is 1. The second kappa shape index (κ2) is 4.16. The number of hydrogen-bond acceptors (Lipinski definition) is 4. The van der Waals surface area contributed by atoms with Gasteiger partial charge in [-0.2, -0.15) is 5.10 Å². The first kappa shape index (κ1) is 11.3. The highest BCUT2D eigenvalue weighted by atomic mass is 16.1. The molecular formula is C13H11N5O. The minimum Gasteiger partial charge on any atom is -0.364 e. The van der Waals surface area contributed by atoms with Crippen LogP contribution in [0.2, 0.25) is 0 Å². The zero-order valence-corrected chi connectivity index (χ0v) is 10.2. The topological polar surface area (TPSA) is 97.5 Å². The number of nitrogens with zero attached hydrogens (tertiary/aromatic N) is 3. The van der Waals surface area contributed by atoms with Crippen molar-refractivity contribution in [3.05, 3.63) is 42.1 Å². The molecule has 0 aliphatic heterocycles. The van der Waals surface area contributed by atoms with Crippen LogP contribution in [0.1, 0.15) is 16.3 Å². The molecule has 3 N–H and O–H groups in total. The van der Waals surface area contributed by atoms with E-state index < -0.39 is 5.91 Å². The summed E-state index contributed by atoms with van der Waals surface area (Å²) >= 11 is 0. The van der Waals surface area contributed by atoms with Crippen molar-refractivity contribution in [2.24, 2.45) is 5.73 Å². The first-order valence-electron chi connectivity index (χ1n) is 5.72. The molecule has 0 atom stereocenters. The number of rotatable bonds is 2. The lowest BCUT2D eigenvalue weighted by molar-refractivity contribution is 0.0997. The number of hydrogen-bond donors (Lipinski definition) is 2. The fraction of sp³-hybridized carbons (Fsp3) is 0.0769. The van der Waals surface area contributed by atoms with Crippen molar-refractivity contribution in [2.75, 3.05) is 0 Å². The van der Waals surface area contributed by atoms with Crippen LogP contribution in [0.25, 0.3) is 22.0 Å². The number of carbonyl (C=O) groups is 1. The predicted molar refractivity (Wildman–Crippen MR) is 70.4 cm³/mol. The van der Waals surface area contributed by atoms with Crippen LogP contribution < -0.4 is 5.73 Å². The quantitative estimate of drug-likeness (QED) is 0.721. The summed E-state index contributed by atoms with van der Waals surface area (Å²) in [7, 11) is 0. The number of amides is 1. The van der Waals surface area contributed by atoms with Crippen molar-refractivity contribution in [1.82, 2.24) is 20.2 Å². The Morgan fingerprint density at radius 1 is 1.21 bits per heavy atom. The molecule has 6 nitrogen and oxygen atoms in total. The van der Waals surface area contributed by atoms with Gasteiger partial charge in [0.1, 0.15) is 5.82 Å². The largest absolute Gasteiger partial charge is 0.364 e. The smallest absolute Gasteiger partial charge is 0.269 e. The molecule has 19 heavy (non-hydrogen) atoms. The van der Waals surface area contributed by atoms with Crippen LogP contribution >= 0.6 is 0 Å². The molecule has 2 aromatic heterocycles. The van der Waals surface area contributed by atoms with E-state index in [9.17, 15) is 4.79 Å². The van der Waals surface area contributed by atoms with Gasteiger partial charge in [0.15, 0.2) is 5.69 Å². The van der Waals surface area contributed by atoms with Gasteiger partial charge < -0.3 is 5.73 Å². The zero-order chi connectivity index (χ0) is 13.4. The normalized spacial score (nSPS) is 10.8. The van der Waals surface area contributed by atoms with E-state index in [0.717, 1.165) is 16.6 Å². The van der Waals surface area contributed by atoms with Crippen molar-refractivity contribution in [2.45, 2.75) is 6.92 Å². The molecule has 0 radical (unpaired) electrons. The molecule has 3 aromatic rings. The number of H-pyrrole nitrogens is 1. The molecule has 0 aliphatic rings. The first-order chi connectivity index (χ1) is 9.15. The van der Waals surface area contributed by atoms with E-state index in [0.29, 0.717) is 11.2 Å². The molecule has 1 aromatic carbocycles. The van der Waals surface area contributed by atoms with Gasteiger partial charge in [0, 0.05) is 23.3 Å². The van der Waals surface area contributed by atoms with Gasteiger partial charge in [-0.3, -0.25) is 9.89 Å². The Labute approximate surface area is 108 Å². The molecule has 0 spiro atoms. The van der Waals surface area contributed by atoms with E-state index in [4.69, 9.17) is 5.73 Å². The maximum Gasteiger partial charge on any atom is 0.269 e. The molecule has 0 unspecified atom stereocenters. The van der Waals surface area contributed by atoms with Crippen LogP contribution in [-0.2, 0) is 0 Å². The Balaban J connectivity index is 2.17. The summed E-state index contributed by atoms with van der Waals surface area (Å²) in [6, 6.07) is 5.62. The molecule has 94 valence electrons. The van der Waals surface area contributed by atoms with E-state index in [-0.39, 0.29) is 5.69 Å². The van der Waals surface area contributed by atoms with Gasteiger partial charge in [-0.1, -0.05) is 6.07 Å². The second-order valence-corrected chi connectivity index (χ2v) is 4.22. The minimum atomic E-state index is -0.552. The minimum absolute atomic E-state index is 0.241. The number of nitrogens with one attached hydrogen (secondary N) is 1. The maximum absolute atomic E-state index is 11.3. The van der Waals surface area contributed by atoms with Crippen molar-refractivity contribution in [3.8, 4) is 11.1 Å². The number of fused-ring (bicyclic) bond motifs is 1. The average molecular weight is 253 g/mol. The Hall–Kier alpha value is -2.76. The second-order valence-electron chi connectivity index (χ2n) is 4.22. The summed E-state index contributed by atoms with van der Waals surface area (Å²) in [6.45, 7) is 1.83. The van der Waals surface area contributed by atoms with Crippen LogP contribution in [0, 0.1) is 6.92 Å². The Morgan fingerprint density at radius 2 is 1.95 bits per heavy atom. The summed E-state index contributed by atoms with van der Waals surface area (Å²) < 4.78 is 0. The summed E-state index contributed by atoms with van der Waals surface area (Å²) in [6.07, 6.45) is 3.49. The highest BCUT2D eigenvalue weighted by Gasteiger charge is 2.11. The van der Waals surface area contributed by atoms with Gasteiger partial charge in [-0.15, -0.1) is 0 Å². The molecule has 0 fully saturated rings. The van der Waals surface area contributed by atoms with Gasteiger partial charge in [-0.05, 0) is 24.6 Å². The molecule has 0 bridgehead atoms. The predicted octanol–water partition coefficient (Wildman–Crippen LogP) is 1.43. The molecule has 3 rings (SSSR count). The Kier molecular flexibility index (Phi) is 2.49. The third-order valence-electron chi connectivity index (χ3n) is 2.91. The van der Waals surface area contributed by atoms with E-state index in [1.807, 2.05) is 25.1 Å². The number of benzene rings is 1. The Morgan fingerprint density at radius 3 is 2.63 bits per heavy atom. The number of nitrogens with two attached hydrogens (primary N) is 1. The van der Waals surface area contributed by atoms with Crippen LogP contribution in [0.15, 0.2) is 30.6 Å². The fourth-order valence-corrected chi connectivity index (χ4v) is 1.92. The average Bonchev–Trinajstić information content (AvgIpc) is 2.82. The van der Waals surface area contributed by atoms with E-state index >= 15 is 0 Å². The van der Waals surface area contributed by atoms with Crippen LogP contribution in [0.3, 0.4) is 0 Å². The van der Waals surface area contributed by atoms with E-state index in [1.165, 1.54) is 0 Å². The number of carbonyl (C=O) groups excluding carboxylic acids is 1. The highest BCUT2D eigenvalue weighted by molar-refractivity contribution is 6.04. The van der Waals surface area contributed by atoms with Gasteiger partial charge >= 0.3 is 0 Å². The van der Waals surface area contributed by atoms with E-state index in [1.54, 1.807) is 12.4 Å². The number of aromatic nitrogens is 4. The van der Waals surface area contributed by atoms with Gasteiger partial charge in [0.2, 0.25) is 0 Å². The van der Waals surface area contributed by atoms with Crippen molar-refractivity contribution in [1.29, 1.82) is 0 Å². The number of primary amides is 1. The molecule has 0 saturated carbocycles. The molecular weight excluding hydrogens is 242 g/mol. The molecule has 0 aliphatic carbocycles. The zero-order valence-electron chi connectivity index (χ0n) is 10.2. The third kappa shape index (κ3) is 1.93. The van der Waals surface area contributed by atoms with Gasteiger partial charge in [0.25, 0.3) is 5.91 Å². The van der Waals surface area contributed by atoms with Gasteiger partial charge in [-0.25, -0.2) is 9.97 Å².